The summed E-state index contributed by atoms with van der Waals surface area (Å²) in [4.78, 5) is 11.9. The van der Waals surface area contributed by atoms with Gasteiger partial charge in [-0.25, -0.2) is 0 Å². The van der Waals surface area contributed by atoms with Gasteiger partial charge in [0, 0.05) is 13.3 Å². The van der Waals surface area contributed by atoms with Crippen molar-refractivity contribution < 1.29 is 33.2 Å². The van der Waals surface area contributed by atoms with Crippen molar-refractivity contribution >= 4 is 5.97 Å². The highest BCUT2D eigenvalue weighted by Crippen LogP contribution is 2.36. The van der Waals surface area contributed by atoms with Crippen LogP contribution in [0.3, 0.4) is 0 Å². The van der Waals surface area contributed by atoms with Crippen molar-refractivity contribution in [2.45, 2.75) is 76.7 Å². The molecule has 0 bridgehead atoms. The molecule has 30 heavy (non-hydrogen) atoms. The Kier molecular flexibility index (Phi) is 7.87. The highest BCUT2D eigenvalue weighted by atomic mass is 16.8. The number of fused-ring (bicyclic) bond motifs is 1. The summed E-state index contributed by atoms with van der Waals surface area (Å²) in [5.41, 5.74) is 1.000. The van der Waals surface area contributed by atoms with Crippen molar-refractivity contribution in [3.63, 3.8) is 0 Å². The molecule has 5 atom stereocenters. The van der Waals surface area contributed by atoms with Crippen LogP contribution in [0, 0.1) is 12.3 Å². The average molecular weight is 418 g/mol. The highest BCUT2D eigenvalue weighted by molar-refractivity contribution is 5.66. The number of benzene rings is 1. The maximum absolute atomic E-state index is 11.9. The molecule has 2 heterocycles. The topological polar surface area (TPSA) is 72.5 Å². The van der Waals surface area contributed by atoms with Crippen molar-refractivity contribution in [2.24, 2.45) is 0 Å². The molecule has 0 aromatic heterocycles. The van der Waals surface area contributed by atoms with E-state index in [0.717, 1.165) is 5.56 Å². The largest absolute Gasteiger partial charge is 0.454 e. The van der Waals surface area contributed by atoms with Crippen molar-refractivity contribution in [1.29, 1.82) is 0 Å². The number of hydrogen-bond donors (Lipinski definition) is 0. The van der Waals surface area contributed by atoms with Gasteiger partial charge < -0.3 is 28.4 Å². The fourth-order valence-corrected chi connectivity index (χ4v) is 3.58. The quantitative estimate of drug-likeness (QED) is 0.365. The maximum atomic E-state index is 11.9. The maximum Gasteiger partial charge on any atom is 0.303 e. The molecule has 0 amide bonds. The van der Waals surface area contributed by atoms with Crippen LogP contribution in [-0.2, 0) is 39.8 Å². The van der Waals surface area contributed by atoms with Crippen molar-refractivity contribution in [1.82, 2.24) is 0 Å². The van der Waals surface area contributed by atoms with Gasteiger partial charge in [-0.05, 0) is 25.8 Å². The second-order valence-electron chi connectivity index (χ2n) is 7.85. The minimum atomic E-state index is -0.805. The third-order valence-electron chi connectivity index (χ3n) is 4.94. The summed E-state index contributed by atoms with van der Waals surface area (Å²) in [5.74, 6) is 1.33. The van der Waals surface area contributed by atoms with Crippen LogP contribution in [0.25, 0.3) is 0 Å². The van der Waals surface area contributed by atoms with Crippen LogP contribution in [0.5, 0.6) is 0 Å². The Hall–Kier alpha value is -1.95. The molecule has 2 unspecified atom stereocenters. The Labute approximate surface area is 177 Å². The Morgan fingerprint density at radius 2 is 2.00 bits per heavy atom. The standard InChI is InChI=1S/C23H30O7/c1-5-6-10-13-25-22-21(28-16(2)24)20(26-14-17-11-8-7-9-12-17)19-18(29-22)15-27-23(3,4)30-19/h1,7-9,11-12,18-22H,6,10,13-15H2,2-4H3/t18?,19-,20+,21?,22+/m0/s1. The predicted molar refractivity (Wildman–Crippen MR) is 108 cm³/mol. The Balaban J connectivity index is 1.80. The van der Waals surface area contributed by atoms with Crippen molar-refractivity contribution in [3.05, 3.63) is 35.9 Å². The fraction of sp³-hybridized carbons (Fsp3) is 0.609. The van der Waals surface area contributed by atoms with Crippen molar-refractivity contribution in [3.8, 4) is 12.3 Å². The van der Waals surface area contributed by atoms with Crippen LogP contribution in [-0.4, -0.2) is 55.7 Å². The van der Waals surface area contributed by atoms with Crippen LogP contribution in [0.15, 0.2) is 30.3 Å². The van der Waals surface area contributed by atoms with Gasteiger partial charge in [0.2, 0.25) is 0 Å². The molecule has 0 aliphatic carbocycles. The molecule has 2 aliphatic rings. The molecular formula is C23H30O7. The van der Waals surface area contributed by atoms with Gasteiger partial charge >= 0.3 is 5.97 Å². The Morgan fingerprint density at radius 1 is 1.23 bits per heavy atom. The summed E-state index contributed by atoms with van der Waals surface area (Å²) in [6.45, 7) is 6.05. The zero-order valence-electron chi connectivity index (χ0n) is 17.7. The van der Waals surface area contributed by atoms with E-state index in [9.17, 15) is 4.79 Å². The van der Waals surface area contributed by atoms with Crippen molar-refractivity contribution in [2.75, 3.05) is 13.2 Å². The number of carbonyl (C=O) groups excluding carboxylic acids is 1. The molecule has 1 aromatic rings. The lowest BCUT2D eigenvalue weighted by Gasteiger charge is -2.50. The molecule has 164 valence electrons. The molecule has 2 saturated heterocycles. The lowest BCUT2D eigenvalue weighted by Crippen LogP contribution is -2.66. The Morgan fingerprint density at radius 3 is 2.70 bits per heavy atom. The van der Waals surface area contributed by atoms with Gasteiger partial charge in [0.25, 0.3) is 0 Å². The van der Waals surface area contributed by atoms with E-state index in [1.54, 1.807) is 0 Å². The first-order valence-electron chi connectivity index (χ1n) is 10.2. The van der Waals surface area contributed by atoms with E-state index in [1.165, 1.54) is 6.92 Å². The summed E-state index contributed by atoms with van der Waals surface area (Å²) < 4.78 is 35.7. The van der Waals surface area contributed by atoms with E-state index in [-0.39, 0.29) is 0 Å². The van der Waals surface area contributed by atoms with Crippen LogP contribution < -0.4 is 0 Å². The van der Waals surface area contributed by atoms with Gasteiger partial charge in [0.15, 0.2) is 18.2 Å². The highest BCUT2D eigenvalue weighted by Gasteiger charge is 2.53. The van der Waals surface area contributed by atoms with Gasteiger partial charge in [0.1, 0.15) is 18.3 Å². The number of ether oxygens (including phenoxy) is 6. The van der Waals surface area contributed by atoms with Gasteiger partial charge in [-0.3, -0.25) is 4.79 Å². The third-order valence-corrected chi connectivity index (χ3v) is 4.94. The van der Waals surface area contributed by atoms with Gasteiger partial charge in [-0.15, -0.1) is 12.3 Å². The first-order chi connectivity index (χ1) is 14.4. The smallest absolute Gasteiger partial charge is 0.303 e. The Bertz CT molecular complexity index is 727. The molecule has 1 aromatic carbocycles. The molecule has 0 saturated carbocycles. The summed E-state index contributed by atoms with van der Waals surface area (Å²) in [6.07, 6.45) is 3.50. The van der Waals surface area contributed by atoms with E-state index in [2.05, 4.69) is 5.92 Å². The van der Waals surface area contributed by atoms with Crippen LogP contribution in [0.1, 0.15) is 39.2 Å². The lowest BCUT2D eigenvalue weighted by atomic mass is 9.96. The number of terminal acetylenes is 1. The summed E-state index contributed by atoms with van der Waals surface area (Å²) >= 11 is 0. The molecule has 0 radical (unpaired) electrons. The minimum Gasteiger partial charge on any atom is -0.454 e. The van der Waals surface area contributed by atoms with E-state index in [4.69, 9.17) is 34.8 Å². The number of hydrogen-bond acceptors (Lipinski definition) is 7. The number of unbranched alkanes of at least 4 members (excludes halogenated alkanes) is 1. The first kappa shape index (κ1) is 22.7. The summed E-state index contributed by atoms with van der Waals surface area (Å²) in [6, 6.07) is 9.78. The number of esters is 1. The predicted octanol–water partition coefficient (Wildman–Crippen LogP) is 2.81. The van der Waals surface area contributed by atoms with E-state index in [1.807, 2.05) is 44.2 Å². The van der Waals surface area contributed by atoms with Gasteiger partial charge in [-0.1, -0.05) is 30.3 Å². The second kappa shape index (κ2) is 10.4. The molecule has 7 heteroatoms. The zero-order chi connectivity index (χ0) is 21.6. The molecule has 2 fully saturated rings. The van der Waals surface area contributed by atoms with E-state index in [0.29, 0.717) is 32.7 Å². The van der Waals surface area contributed by atoms with Crippen LogP contribution in [0.4, 0.5) is 0 Å². The van der Waals surface area contributed by atoms with Crippen LogP contribution in [0.2, 0.25) is 0 Å². The second-order valence-corrected chi connectivity index (χ2v) is 7.85. The number of rotatable bonds is 8. The monoisotopic (exact) mass is 418 g/mol. The average Bonchev–Trinajstić information content (AvgIpc) is 2.71. The molecule has 2 aliphatic heterocycles. The lowest BCUT2D eigenvalue weighted by molar-refractivity contribution is -0.386. The third kappa shape index (κ3) is 6.03. The molecule has 0 N–H and O–H groups in total. The van der Waals surface area contributed by atoms with Gasteiger partial charge in [0.05, 0.1) is 19.8 Å². The number of carbonyl (C=O) groups is 1. The van der Waals surface area contributed by atoms with E-state index >= 15 is 0 Å². The van der Waals surface area contributed by atoms with E-state index < -0.39 is 42.5 Å². The normalized spacial score (nSPS) is 30.1. The fourth-order valence-electron chi connectivity index (χ4n) is 3.58. The van der Waals surface area contributed by atoms with Crippen LogP contribution >= 0.6 is 0 Å². The SMILES string of the molecule is C#CCCCO[C@@H]1OC2COC(C)(C)O[C@@H]2[C@@H](OCc2ccccc2)C1OC(C)=O. The molecule has 7 nitrogen and oxygen atoms in total. The minimum absolute atomic E-state index is 0.319. The van der Waals surface area contributed by atoms with Gasteiger partial charge in [-0.2, -0.15) is 0 Å². The summed E-state index contributed by atoms with van der Waals surface area (Å²) in [5, 5.41) is 0. The molecular weight excluding hydrogens is 388 g/mol. The first-order valence-corrected chi connectivity index (χ1v) is 10.2. The molecule has 0 spiro atoms. The summed E-state index contributed by atoms with van der Waals surface area (Å²) in [7, 11) is 0. The zero-order valence-corrected chi connectivity index (χ0v) is 17.7. The molecule has 3 rings (SSSR count).